The van der Waals surface area contributed by atoms with E-state index in [1.807, 2.05) is 0 Å². The Morgan fingerprint density at radius 3 is 2.56 bits per heavy atom. The largest absolute Gasteiger partial charge is 0.372 e. The van der Waals surface area contributed by atoms with Crippen molar-refractivity contribution >= 4 is 35.0 Å². The Morgan fingerprint density at radius 2 is 1.85 bits per heavy atom. The van der Waals surface area contributed by atoms with Crippen LogP contribution in [0.5, 0.6) is 0 Å². The third-order valence-corrected chi connectivity index (χ3v) is 6.00. The molecule has 0 aliphatic carbocycles. The Hall–Kier alpha value is -1.72. The van der Waals surface area contributed by atoms with E-state index in [4.69, 9.17) is 11.6 Å². The van der Waals surface area contributed by atoms with Crippen molar-refractivity contribution in [2.45, 2.75) is 31.6 Å². The highest BCUT2D eigenvalue weighted by molar-refractivity contribution is 7.99. The summed E-state index contributed by atoms with van der Waals surface area (Å²) in [5, 5.41) is 3.31. The standard InChI is InChI=1S/C21H24ClFN2OS/c22-19-5-4-6-20(23)18(19)14-27-15-21(26)24-13-16-7-9-17(10-8-16)25-11-2-1-3-12-25/h4-10H,1-3,11-15H2,(H,24,26). The summed E-state index contributed by atoms with van der Waals surface area (Å²) in [6.07, 6.45) is 3.84. The van der Waals surface area contributed by atoms with Gasteiger partial charge in [-0.05, 0) is 49.1 Å². The molecule has 144 valence electrons. The summed E-state index contributed by atoms with van der Waals surface area (Å²) in [6, 6.07) is 13.0. The van der Waals surface area contributed by atoms with Gasteiger partial charge in [-0.25, -0.2) is 4.39 Å². The molecule has 0 atom stereocenters. The highest BCUT2D eigenvalue weighted by Crippen LogP contribution is 2.24. The Bertz CT molecular complexity index is 743. The van der Waals surface area contributed by atoms with E-state index in [0.29, 0.717) is 22.9 Å². The van der Waals surface area contributed by atoms with Crippen molar-refractivity contribution in [2.24, 2.45) is 0 Å². The minimum absolute atomic E-state index is 0.0624. The number of halogens is 2. The molecule has 2 aromatic carbocycles. The average Bonchev–Trinajstić information content (AvgIpc) is 2.70. The molecule has 0 bridgehead atoms. The van der Waals surface area contributed by atoms with Crippen LogP contribution in [0.25, 0.3) is 0 Å². The molecule has 0 saturated carbocycles. The van der Waals surface area contributed by atoms with Gasteiger partial charge in [-0.2, -0.15) is 0 Å². The molecule has 1 N–H and O–H groups in total. The Balaban J connectivity index is 1.41. The van der Waals surface area contributed by atoms with Gasteiger partial charge in [-0.15, -0.1) is 11.8 Å². The fourth-order valence-electron chi connectivity index (χ4n) is 3.14. The van der Waals surface area contributed by atoms with E-state index in [9.17, 15) is 9.18 Å². The van der Waals surface area contributed by atoms with Crippen molar-refractivity contribution in [3.8, 4) is 0 Å². The van der Waals surface area contributed by atoms with Gasteiger partial charge in [0.1, 0.15) is 5.82 Å². The molecule has 0 unspecified atom stereocenters. The molecule has 1 heterocycles. The number of benzene rings is 2. The van der Waals surface area contributed by atoms with Crippen molar-refractivity contribution in [2.75, 3.05) is 23.7 Å². The predicted octanol–water partition coefficient (Wildman–Crippen LogP) is 5.02. The number of thioether (sulfide) groups is 1. The molecule has 3 rings (SSSR count). The van der Waals surface area contributed by atoms with Crippen LogP contribution >= 0.6 is 23.4 Å². The van der Waals surface area contributed by atoms with Gasteiger partial charge >= 0.3 is 0 Å². The van der Waals surface area contributed by atoms with Crippen LogP contribution in [0.2, 0.25) is 5.02 Å². The van der Waals surface area contributed by atoms with Gasteiger partial charge < -0.3 is 10.2 Å². The summed E-state index contributed by atoms with van der Waals surface area (Å²) in [6.45, 7) is 2.75. The number of rotatable bonds is 7. The van der Waals surface area contributed by atoms with Gasteiger partial charge in [0.15, 0.2) is 0 Å². The number of hydrogen-bond acceptors (Lipinski definition) is 3. The first-order valence-corrected chi connectivity index (χ1v) is 10.8. The van der Waals surface area contributed by atoms with E-state index in [1.54, 1.807) is 12.1 Å². The first-order chi connectivity index (χ1) is 13.1. The lowest BCUT2D eigenvalue weighted by molar-refractivity contribution is -0.118. The van der Waals surface area contributed by atoms with Crippen LogP contribution in [0.1, 0.15) is 30.4 Å². The number of carbonyl (C=O) groups excluding carboxylic acids is 1. The highest BCUT2D eigenvalue weighted by Gasteiger charge is 2.11. The van der Waals surface area contributed by atoms with E-state index in [0.717, 1.165) is 18.7 Å². The van der Waals surface area contributed by atoms with E-state index in [-0.39, 0.29) is 17.5 Å². The summed E-state index contributed by atoms with van der Waals surface area (Å²) in [4.78, 5) is 14.4. The first-order valence-electron chi connectivity index (χ1n) is 9.25. The van der Waals surface area contributed by atoms with E-state index in [2.05, 4.69) is 34.5 Å². The number of nitrogens with one attached hydrogen (secondary N) is 1. The van der Waals surface area contributed by atoms with Crippen molar-refractivity contribution in [1.29, 1.82) is 0 Å². The molecule has 1 amide bonds. The number of amides is 1. The maximum atomic E-state index is 13.7. The van der Waals surface area contributed by atoms with Crippen LogP contribution in [-0.4, -0.2) is 24.7 Å². The first kappa shape index (κ1) is 20.0. The second kappa shape index (κ2) is 10.00. The second-order valence-corrected chi connectivity index (χ2v) is 8.08. The monoisotopic (exact) mass is 406 g/mol. The highest BCUT2D eigenvalue weighted by atomic mass is 35.5. The predicted molar refractivity (Wildman–Crippen MR) is 112 cm³/mol. The number of anilines is 1. The molecule has 1 saturated heterocycles. The normalized spacial score (nSPS) is 14.2. The van der Waals surface area contributed by atoms with Crippen LogP contribution in [0, 0.1) is 5.82 Å². The number of nitrogens with zero attached hydrogens (tertiary/aromatic N) is 1. The third kappa shape index (κ3) is 5.88. The summed E-state index contributed by atoms with van der Waals surface area (Å²) in [7, 11) is 0. The van der Waals surface area contributed by atoms with Crippen molar-refractivity contribution in [3.63, 3.8) is 0 Å². The van der Waals surface area contributed by atoms with Crippen LogP contribution < -0.4 is 10.2 Å². The van der Waals surface area contributed by atoms with E-state index in [1.165, 1.54) is 42.8 Å². The van der Waals surface area contributed by atoms with Crippen LogP contribution in [0.3, 0.4) is 0 Å². The van der Waals surface area contributed by atoms with E-state index >= 15 is 0 Å². The summed E-state index contributed by atoms with van der Waals surface area (Å²) in [5.74, 6) is 0.261. The minimum Gasteiger partial charge on any atom is -0.372 e. The Kier molecular flexibility index (Phi) is 7.41. The lowest BCUT2D eigenvalue weighted by atomic mass is 10.1. The maximum Gasteiger partial charge on any atom is 0.230 e. The molecular formula is C21H24ClFN2OS. The maximum absolute atomic E-state index is 13.7. The quantitative estimate of drug-likeness (QED) is 0.700. The fraction of sp³-hybridized carbons (Fsp3) is 0.381. The molecule has 27 heavy (non-hydrogen) atoms. The molecule has 1 aliphatic rings. The van der Waals surface area contributed by atoms with Gasteiger partial charge in [-0.3, -0.25) is 4.79 Å². The van der Waals surface area contributed by atoms with Gasteiger partial charge in [-0.1, -0.05) is 29.8 Å². The zero-order valence-corrected chi connectivity index (χ0v) is 16.8. The zero-order valence-electron chi connectivity index (χ0n) is 15.2. The van der Waals surface area contributed by atoms with Crippen LogP contribution in [-0.2, 0) is 17.1 Å². The van der Waals surface area contributed by atoms with Crippen LogP contribution in [0.15, 0.2) is 42.5 Å². The molecule has 1 fully saturated rings. The number of carbonyl (C=O) groups is 1. The Labute approximate surface area is 169 Å². The molecular weight excluding hydrogens is 383 g/mol. The molecule has 1 aliphatic heterocycles. The molecule has 0 spiro atoms. The van der Waals surface area contributed by atoms with E-state index < -0.39 is 0 Å². The molecule has 2 aromatic rings. The van der Waals surface area contributed by atoms with Crippen molar-refractivity contribution in [1.82, 2.24) is 5.32 Å². The topological polar surface area (TPSA) is 32.3 Å². The zero-order chi connectivity index (χ0) is 19.1. The number of hydrogen-bond donors (Lipinski definition) is 1. The molecule has 0 aromatic heterocycles. The molecule has 3 nitrogen and oxygen atoms in total. The van der Waals surface area contributed by atoms with Crippen molar-refractivity contribution in [3.05, 3.63) is 64.4 Å². The van der Waals surface area contributed by atoms with Gasteiger partial charge in [0.25, 0.3) is 0 Å². The molecule has 6 heteroatoms. The smallest absolute Gasteiger partial charge is 0.230 e. The average molecular weight is 407 g/mol. The minimum atomic E-state index is -0.329. The van der Waals surface area contributed by atoms with Gasteiger partial charge in [0, 0.05) is 41.7 Å². The number of piperidine rings is 1. The molecule has 0 radical (unpaired) electrons. The van der Waals surface area contributed by atoms with Crippen molar-refractivity contribution < 1.29 is 9.18 Å². The summed E-state index contributed by atoms with van der Waals surface area (Å²) >= 11 is 7.35. The Morgan fingerprint density at radius 1 is 1.11 bits per heavy atom. The SMILES string of the molecule is O=C(CSCc1c(F)cccc1Cl)NCc1ccc(N2CCCCC2)cc1. The second-order valence-electron chi connectivity index (χ2n) is 6.68. The van der Waals surface area contributed by atoms with Gasteiger partial charge in [0.2, 0.25) is 5.91 Å². The van der Waals surface area contributed by atoms with Gasteiger partial charge in [0.05, 0.1) is 5.75 Å². The fourth-order valence-corrected chi connectivity index (χ4v) is 4.34. The summed E-state index contributed by atoms with van der Waals surface area (Å²) < 4.78 is 13.7. The third-order valence-electron chi connectivity index (χ3n) is 4.69. The lowest BCUT2D eigenvalue weighted by Gasteiger charge is -2.28. The summed E-state index contributed by atoms with van der Waals surface area (Å²) in [5.41, 5.74) is 2.78. The lowest BCUT2D eigenvalue weighted by Crippen LogP contribution is -2.29. The van der Waals surface area contributed by atoms with Crippen LogP contribution in [0.4, 0.5) is 10.1 Å².